The number of carbonyl (C=O) groups is 1. The maximum absolute atomic E-state index is 11.6. The summed E-state index contributed by atoms with van der Waals surface area (Å²) in [5.41, 5.74) is -1.77. The first kappa shape index (κ1) is 14.8. The summed E-state index contributed by atoms with van der Waals surface area (Å²) in [7, 11) is 0. The third-order valence-corrected chi connectivity index (χ3v) is 4.31. The lowest BCUT2D eigenvalue weighted by atomic mass is 9.73. The van der Waals surface area contributed by atoms with Gasteiger partial charge >= 0.3 is 6.09 Å². The zero-order valence-corrected chi connectivity index (χ0v) is 12.4. The molecule has 1 aliphatic heterocycles. The normalized spacial score (nSPS) is 30.5. The number of cyclic esters (lactones) is 1. The number of hydrogen-bond acceptors (Lipinski definition) is 4. The number of benzene rings is 1. The molecule has 2 unspecified atom stereocenters. The van der Waals surface area contributed by atoms with Crippen molar-refractivity contribution in [1.82, 2.24) is 5.01 Å². The number of amides is 1. The van der Waals surface area contributed by atoms with Crippen molar-refractivity contribution in [2.24, 2.45) is 5.84 Å². The van der Waals surface area contributed by atoms with E-state index in [2.05, 4.69) is 13.8 Å². The third-order valence-electron chi connectivity index (χ3n) is 4.31. The minimum absolute atomic E-state index is 0.272. The topological polar surface area (TPSA) is 75.8 Å². The van der Waals surface area contributed by atoms with Crippen molar-refractivity contribution in [3.05, 3.63) is 35.9 Å². The molecule has 0 spiro atoms. The molecule has 1 aliphatic rings. The average molecular weight is 278 g/mol. The van der Waals surface area contributed by atoms with Gasteiger partial charge in [0.15, 0.2) is 11.3 Å². The largest absolute Gasteiger partial charge is 0.437 e. The molecular formula is C15H22N2O3. The Kier molecular flexibility index (Phi) is 3.31. The van der Waals surface area contributed by atoms with Crippen LogP contribution in [0.5, 0.6) is 0 Å². The molecule has 2 rings (SSSR count). The summed E-state index contributed by atoms with van der Waals surface area (Å²) in [6.45, 7) is 7.31. The highest BCUT2D eigenvalue weighted by atomic mass is 16.6. The lowest BCUT2D eigenvalue weighted by Gasteiger charge is -2.40. The van der Waals surface area contributed by atoms with Crippen LogP contribution < -0.4 is 5.84 Å². The van der Waals surface area contributed by atoms with Crippen molar-refractivity contribution in [2.75, 3.05) is 0 Å². The number of ether oxygens (including phenoxy) is 1. The smallest absolute Gasteiger partial charge is 0.427 e. The van der Waals surface area contributed by atoms with E-state index in [1.807, 2.05) is 30.3 Å². The zero-order chi connectivity index (χ0) is 15.2. The van der Waals surface area contributed by atoms with Gasteiger partial charge in [-0.15, -0.1) is 0 Å². The molecule has 0 bridgehead atoms. The van der Waals surface area contributed by atoms with E-state index < -0.39 is 17.4 Å². The van der Waals surface area contributed by atoms with Crippen molar-refractivity contribution in [1.29, 1.82) is 0 Å². The van der Waals surface area contributed by atoms with Crippen LogP contribution in [0.3, 0.4) is 0 Å². The van der Waals surface area contributed by atoms with Gasteiger partial charge in [-0.2, -0.15) is 0 Å². The highest BCUT2D eigenvalue weighted by Crippen LogP contribution is 2.44. The second kappa shape index (κ2) is 4.46. The first-order valence-electron chi connectivity index (χ1n) is 6.66. The Bertz CT molecular complexity index is 513. The number of rotatable bonds is 3. The number of nitrogens with two attached hydrogens (primary N) is 1. The molecule has 0 aromatic heterocycles. The molecule has 110 valence electrons. The van der Waals surface area contributed by atoms with Crippen molar-refractivity contribution >= 4 is 6.09 Å². The van der Waals surface area contributed by atoms with E-state index in [4.69, 9.17) is 10.6 Å². The van der Waals surface area contributed by atoms with Gasteiger partial charge in [-0.1, -0.05) is 44.2 Å². The van der Waals surface area contributed by atoms with E-state index in [0.717, 1.165) is 10.6 Å². The van der Waals surface area contributed by atoms with Gasteiger partial charge in [0.05, 0.1) is 0 Å². The average Bonchev–Trinajstić information content (AvgIpc) is 2.50. The Hall–Kier alpha value is -1.59. The van der Waals surface area contributed by atoms with Gasteiger partial charge in [0.2, 0.25) is 0 Å². The quantitative estimate of drug-likeness (QED) is 0.656. The summed E-state index contributed by atoms with van der Waals surface area (Å²) >= 11 is 0. The predicted octanol–water partition coefficient (Wildman–Crippen LogP) is 2.15. The molecular weight excluding hydrogens is 256 g/mol. The number of hydrogen-bond donors (Lipinski definition) is 2. The summed E-state index contributed by atoms with van der Waals surface area (Å²) in [4.78, 5) is 11.6. The maximum Gasteiger partial charge on any atom is 0.427 e. The molecule has 1 saturated heterocycles. The van der Waals surface area contributed by atoms with Crippen LogP contribution in [-0.2, 0) is 10.2 Å². The van der Waals surface area contributed by atoms with E-state index in [1.54, 1.807) is 6.92 Å². The molecule has 1 aromatic rings. The number of carbonyl (C=O) groups excluding carboxylic acids is 1. The number of nitrogens with zero attached hydrogens (tertiary/aromatic N) is 1. The molecule has 0 aliphatic carbocycles. The van der Waals surface area contributed by atoms with Crippen LogP contribution in [0.1, 0.15) is 39.7 Å². The fraction of sp³-hybridized carbons (Fsp3) is 0.533. The van der Waals surface area contributed by atoms with E-state index in [0.29, 0.717) is 6.42 Å². The fourth-order valence-corrected chi connectivity index (χ4v) is 2.81. The van der Waals surface area contributed by atoms with Gasteiger partial charge in [-0.3, -0.25) is 0 Å². The molecule has 1 fully saturated rings. The van der Waals surface area contributed by atoms with Gasteiger partial charge in [-0.25, -0.2) is 15.6 Å². The molecule has 20 heavy (non-hydrogen) atoms. The third kappa shape index (κ3) is 2.17. The van der Waals surface area contributed by atoms with Crippen molar-refractivity contribution in [3.8, 4) is 0 Å². The Labute approximate surface area is 119 Å². The summed E-state index contributed by atoms with van der Waals surface area (Å²) in [6, 6.07) is 9.93. The van der Waals surface area contributed by atoms with E-state index >= 15 is 0 Å². The summed E-state index contributed by atoms with van der Waals surface area (Å²) in [5, 5.41) is 11.3. The Balaban J connectivity index is 2.31. The molecule has 5 nitrogen and oxygen atoms in total. The molecule has 0 saturated carbocycles. The van der Waals surface area contributed by atoms with Crippen LogP contribution in [0.4, 0.5) is 4.79 Å². The molecule has 2 atom stereocenters. The van der Waals surface area contributed by atoms with Gasteiger partial charge in [0, 0.05) is 6.42 Å². The molecule has 1 aromatic carbocycles. The predicted molar refractivity (Wildman–Crippen MR) is 75.6 cm³/mol. The SMILES string of the molecule is CC(C)(CC1(C)OC(=O)N(N)C1(C)O)c1ccccc1. The lowest BCUT2D eigenvalue weighted by molar-refractivity contribution is -0.146. The minimum Gasteiger partial charge on any atom is -0.437 e. The molecule has 5 heteroatoms. The van der Waals surface area contributed by atoms with Gasteiger partial charge < -0.3 is 9.84 Å². The Morgan fingerprint density at radius 3 is 2.30 bits per heavy atom. The van der Waals surface area contributed by atoms with Crippen molar-refractivity contribution in [3.63, 3.8) is 0 Å². The van der Waals surface area contributed by atoms with Crippen LogP contribution in [0.15, 0.2) is 30.3 Å². The number of hydrazine groups is 1. The van der Waals surface area contributed by atoms with Crippen LogP contribution in [0, 0.1) is 0 Å². The second-order valence-corrected chi connectivity index (χ2v) is 6.42. The highest BCUT2D eigenvalue weighted by Gasteiger charge is 2.60. The lowest BCUT2D eigenvalue weighted by Crippen LogP contribution is -2.59. The molecule has 0 radical (unpaired) electrons. The summed E-state index contributed by atoms with van der Waals surface area (Å²) in [5.74, 6) is 5.60. The summed E-state index contributed by atoms with van der Waals surface area (Å²) < 4.78 is 5.35. The van der Waals surface area contributed by atoms with Crippen LogP contribution in [0.2, 0.25) is 0 Å². The minimum atomic E-state index is -1.55. The van der Waals surface area contributed by atoms with Crippen LogP contribution >= 0.6 is 0 Å². The Morgan fingerprint density at radius 2 is 1.85 bits per heavy atom. The maximum atomic E-state index is 11.6. The second-order valence-electron chi connectivity index (χ2n) is 6.42. The van der Waals surface area contributed by atoms with Gasteiger partial charge in [-0.05, 0) is 24.8 Å². The van der Waals surface area contributed by atoms with Gasteiger partial charge in [0.1, 0.15) is 0 Å². The standard InChI is InChI=1S/C15H22N2O3/c1-13(2,11-8-6-5-7-9-11)10-14(3)15(4,19)17(16)12(18)20-14/h5-9,19H,10,16H2,1-4H3. The summed E-state index contributed by atoms with van der Waals surface area (Å²) in [6.07, 6.45) is -0.252. The first-order chi connectivity index (χ1) is 9.10. The first-order valence-corrected chi connectivity index (χ1v) is 6.66. The monoisotopic (exact) mass is 278 g/mol. The molecule has 3 N–H and O–H groups in total. The van der Waals surface area contributed by atoms with Crippen LogP contribution in [-0.4, -0.2) is 27.5 Å². The molecule has 1 amide bonds. The van der Waals surface area contributed by atoms with E-state index in [9.17, 15) is 9.90 Å². The highest BCUT2D eigenvalue weighted by molar-refractivity contribution is 5.71. The van der Waals surface area contributed by atoms with E-state index in [-0.39, 0.29) is 5.41 Å². The van der Waals surface area contributed by atoms with Crippen molar-refractivity contribution in [2.45, 2.75) is 50.9 Å². The molecule has 1 heterocycles. The van der Waals surface area contributed by atoms with Crippen LogP contribution in [0.25, 0.3) is 0 Å². The number of aliphatic hydroxyl groups is 1. The van der Waals surface area contributed by atoms with E-state index in [1.165, 1.54) is 6.92 Å². The van der Waals surface area contributed by atoms with Gasteiger partial charge in [0.25, 0.3) is 0 Å². The zero-order valence-electron chi connectivity index (χ0n) is 12.4. The fourth-order valence-electron chi connectivity index (χ4n) is 2.81. The Morgan fingerprint density at radius 1 is 1.30 bits per heavy atom. The van der Waals surface area contributed by atoms with Crippen molar-refractivity contribution < 1.29 is 14.6 Å².